The van der Waals surface area contributed by atoms with E-state index in [2.05, 4.69) is 27.7 Å². The van der Waals surface area contributed by atoms with Crippen molar-refractivity contribution in [1.82, 2.24) is 0 Å². The zero-order valence-corrected chi connectivity index (χ0v) is 46.6. The van der Waals surface area contributed by atoms with Gasteiger partial charge in [0.05, 0.1) is 0 Å². The first kappa shape index (κ1) is 66.4. The van der Waals surface area contributed by atoms with Crippen LogP contribution in [0.2, 0.25) is 0 Å². The summed E-state index contributed by atoms with van der Waals surface area (Å²) in [5.41, 5.74) is 0. The standard InChI is InChI=1S/C62H120O6/c1-5-7-9-11-13-15-17-19-20-21-22-27-31-35-39-43-47-51-55-62(65)68-59(56-66-60(63)53-49-45-41-37-33-28-18-16-14-12-10-8-6-2)57-67-61(64)54-50-46-42-38-34-30-26-24-23-25-29-32-36-40-44-48-52-58(3)4/h58-59H,5-57H2,1-4H3/t59-/m0/s1. The molecular weight excluding hydrogens is 841 g/mol. The molecule has 1 atom stereocenters. The summed E-state index contributed by atoms with van der Waals surface area (Å²) >= 11 is 0. The van der Waals surface area contributed by atoms with Crippen molar-refractivity contribution in [2.45, 2.75) is 361 Å². The van der Waals surface area contributed by atoms with Gasteiger partial charge in [0.2, 0.25) is 0 Å². The Morgan fingerprint density at radius 2 is 0.485 bits per heavy atom. The molecule has 0 fully saturated rings. The third-order valence-corrected chi connectivity index (χ3v) is 14.3. The van der Waals surface area contributed by atoms with E-state index in [0.717, 1.165) is 63.7 Å². The van der Waals surface area contributed by atoms with Crippen molar-refractivity contribution in [1.29, 1.82) is 0 Å². The fourth-order valence-electron chi connectivity index (χ4n) is 9.63. The minimum absolute atomic E-state index is 0.0613. The van der Waals surface area contributed by atoms with Crippen LogP contribution in [-0.2, 0) is 28.6 Å². The minimum atomic E-state index is -0.762. The van der Waals surface area contributed by atoms with Crippen LogP contribution in [0.1, 0.15) is 355 Å². The molecule has 0 aliphatic heterocycles. The lowest BCUT2D eigenvalue weighted by molar-refractivity contribution is -0.167. The van der Waals surface area contributed by atoms with Crippen LogP contribution in [0.25, 0.3) is 0 Å². The SMILES string of the molecule is CCCCCCCCCCCCCCCCCCCCC(=O)O[C@@H](COC(=O)CCCCCCCCCCCCCCC)COC(=O)CCCCCCCCCCCCCCCCCCC(C)C. The third-order valence-electron chi connectivity index (χ3n) is 14.3. The predicted molar refractivity (Wildman–Crippen MR) is 293 cm³/mol. The molecule has 0 N–H and O–H groups in total. The zero-order valence-electron chi connectivity index (χ0n) is 46.6. The lowest BCUT2D eigenvalue weighted by Gasteiger charge is -2.18. The largest absolute Gasteiger partial charge is 0.462 e. The van der Waals surface area contributed by atoms with Crippen molar-refractivity contribution >= 4 is 17.9 Å². The van der Waals surface area contributed by atoms with Crippen LogP contribution in [0.4, 0.5) is 0 Å². The molecule has 0 spiro atoms. The molecule has 0 aliphatic carbocycles. The van der Waals surface area contributed by atoms with Crippen LogP contribution in [0, 0.1) is 5.92 Å². The van der Waals surface area contributed by atoms with Gasteiger partial charge in [0, 0.05) is 19.3 Å². The number of carbonyl (C=O) groups excluding carboxylic acids is 3. The van der Waals surface area contributed by atoms with E-state index in [4.69, 9.17) is 14.2 Å². The molecule has 0 amide bonds. The molecule has 0 aromatic rings. The van der Waals surface area contributed by atoms with Gasteiger partial charge in [-0.2, -0.15) is 0 Å². The lowest BCUT2D eigenvalue weighted by Crippen LogP contribution is -2.30. The lowest BCUT2D eigenvalue weighted by atomic mass is 10.0. The number of ether oxygens (including phenoxy) is 3. The van der Waals surface area contributed by atoms with Gasteiger partial charge in [-0.3, -0.25) is 14.4 Å². The second-order valence-electron chi connectivity index (χ2n) is 21.8. The maximum atomic E-state index is 12.9. The van der Waals surface area contributed by atoms with Gasteiger partial charge in [-0.05, 0) is 25.2 Å². The van der Waals surface area contributed by atoms with E-state index in [9.17, 15) is 14.4 Å². The predicted octanol–water partition coefficient (Wildman–Crippen LogP) is 20.6. The van der Waals surface area contributed by atoms with E-state index in [0.29, 0.717) is 19.3 Å². The van der Waals surface area contributed by atoms with Gasteiger partial charge in [-0.25, -0.2) is 0 Å². The molecule has 0 radical (unpaired) electrons. The monoisotopic (exact) mass is 961 g/mol. The second-order valence-corrected chi connectivity index (χ2v) is 21.8. The summed E-state index contributed by atoms with van der Waals surface area (Å²) in [6.45, 7) is 9.09. The Morgan fingerprint density at radius 3 is 0.721 bits per heavy atom. The molecule has 0 saturated carbocycles. The molecule has 6 heteroatoms. The van der Waals surface area contributed by atoms with Gasteiger partial charge < -0.3 is 14.2 Å². The molecule has 6 nitrogen and oxygen atoms in total. The Hall–Kier alpha value is -1.59. The summed E-state index contributed by atoms with van der Waals surface area (Å²) in [5, 5.41) is 0. The average molecular weight is 962 g/mol. The summed E-state index contributed by atoms with van der Waals surface area (Å²) in [7, 11) is 0. The highest BCUT2D eigenvalue weighted by Crippen LogP contribution is 2.18. The second kappa shape index (κ2) is 56.3. The van der Waals surface area contributed by atoms with Crippen molar-refractivity contribution in [3.8, 4) is 0 Å². The fourth-order valence-corrected chi connectivity index (χ4v) is 9.63. The van der Waals surface area contributed by atoms with Crippen molar-refractivity contribution in [3.63, 3.8) is 0 Å². The maximum Gasteiger partial charge on any atom is 0.306 e. The molecule has 0 aliphatic rings. The number of carbonyl (C=O) groups is 3. The summed E-state index contributed by atoms with van der Waals surface area (Å²) in [4.78, 5) is 38.2. The zero-order chi connectivity index (χ0) is 49.5. The summed E-state index contributed by atoms with van der Waals surface area (Å²) < 4.78 is 16.9. The molecule has 0 bridgehead atoms. The molecule has 0 aromatic carbocycles. The van der Waals surface area contributed by atoms with Crippen molar-refractivity contribution in [3.05, 3.63) is 0 Å². The molecular formula is C62H120O6. The third kappa shape index (κ3) is 55.3. The first-order chi connectivity index (χ1) is 33.4. The quantitative estimate of drug-likeness (QED) is 0.0343. The fraction of sp³-hybridized carbons (Fsp3) is 0.952. The summed E-state index contributed by atoms with van der Waals surface area (Å²) in [6, 6.07) is 0. The maximum absolute atomic E-state index is 12.9. The van der Waals surface area contributed by atoms with Crippen LogP contribution in [0.3, 0.4) is 0 Å². The smallest absolute Gasteiger partial charge is 0.306 e. The van der Waals surface area contributed by atoms with Crippen molar-refractivity contribution in [2.24, 2.45) is 5.92 Å². The molecule has 0 saturated heterocycles. The summed E-state index contributed by atoms with van der Waals surface area (Å²) in [5.74, 6) is 0.0229. The van der Waals surface area contributed by atoms with Crippen LogP contribution in [0.5, 0.6) is 0 Å². The van der Waals surface area contributed by atoms with E-state index in [1.54, 1.807) is 0 Å². The van der Waals surface area contributed by atoms with Crippen LogP contribution in [0.15, 0.2) is 0 Å². The van der Waals surface area contributed by atoms with Gasteiger partial charge in [0.1, 0.15) is 13.2 Å². The molecule has 0 rings (SSSR count). The van der Waals surface area contributed by atoms with Gasteiger partial charge in [0.15, 0.2) is 6.10 Å². The highest BCUT2D eigenvalue weighted by atomic mass is 16.6. The molecule has 0 heterocycles. The normalized spacial score (nSPS) is 12.0. The van der Waals surface area contributed by atoms with Crippen molar-refractivity contribution in [2.75, 3.05) is 13.2 Å². The van der Waals surface area contributed by atoms with Crippen LogP contribution < -0.4 is 0 Å². The summed E-state index contributed by atoms with van der Waals surface area (Å²) in [6.07, 6.45) is 62.4. The van der Waals surface area contributed by atoms with Crippen LogP contribution >= 0.6 is 0 Å². The minimum Gasteiger partial charge on any atom is -0.462 e. The topological polar surface area (TPSA) is 78.9 Å². The number of unbranched alkanes of at least 4 members (excludes halogenated alkanes) is 44. The average Bonchev–Trinajstić information content (AvgIpc) is 3.32. The van der Waals surface area contributed by atoms with Gasteiger partial charge >= 0.3 is 17.9 Å². The Balaban J connectivity index is 4.26. The van der Waals surface area contributed by atoms with E-state index in [1.165, 1.54) is 250 Å². The van der Waals surface area contributed by atoms with E-state index in [-0.39, 0.29) is 31.1 Å². The van der Waals surface area contributed by atoms with Gasteiger partial charge in [0.25, 0.3) is 0 Å². The van der Waals surface area contributed by atoms with E-state index in [1.807, 2.05) is 0 Å². The van der Waals surface area contributed by atoms with Crippen molar-refractivity contribution < 1.29 is 28.6 Å². The highest BCUT2D eigenvalue weighted by molar-refractivity contribution is 5.71. The van der Waals surface area contributed by atoms with Crippen LogP contribution in [-0.4, -0.2) is 37.2 Å². The van der Waals surface area contributed by atoms with Gasteiger partial charge in [-0.15, -0.1) is 0 Å². The molecule has 68 heavy (non-hydrogen) atoms. The highest BCUT2D eigenvalue weighted by Gasteiger charge is 2.19. The number of hydrogen-bond donors (Lipinski definition) is 0. The van der Waals surface area contributed by atoms with E-state index >= 15 is 0 Å². The Bertz CT molecular complexity index is 1030. The Kier molecular flexibility index (Phi) is 55.0. The molecule has 0 aromatic heterocycles. The number of rotatable bonds is 57. The Labute approximate surface area is 425 Å². The Morgan fingerprint density at radius 1 is 0.279 bits per heavy atom. The first-order valence-corrected chi connectivity index (χ1v) is 30.9. The number of esters is 3. The van der Waals surface area contributed by atoms with E-state index < -0.39 is 6.10 Å². The number of hydrogen-bond acceptors (Lipinski definition) is 6. The molecule has 404 valence electrons. The first-order valence-electron chi connectivity index (χ1n) is 30.9. The molecule has 0 unspecified atom stereocenters. The van der Waals surface area contributed by atoms with Gasteiger partial charge in [-0.1, -0.05) is 317 Å².